The smallest absolute Gasteiger partial charge is 0.119 e. The SMILES string of the molecule is CCCCOc1ccc(CS)cc1. The van der Waals surface area contributed by atoms with Gasteiger partial charge in [0.25, 0.3) is 0 Å². The molecule has 0 aliphatic heterocycles. The van der Waals surface area contributed by atoms with Crippen molar-refractivity contribution >= 4 is 12.6 Å². The summed E-state index contributed by atoms with van der Waals surface area (Å²) < 4.78 is 5.52. The molecule has 0 atom stereocenters. The molecule has 0 heterocycles. The second kappa shape index (κ2) is 5.92. The van der Waals surface area contributed by atoms with Gasteiger partial charge in [0.15, 0.2) is 0 Å². The predicted molar refractivity (Wildman–Crippen MR) is 59.5 cm³/mol. The third kappa shape index (κ3) is 3.73. The van der Waals surface area contributed by atoms with Crippen LogP contribution < -0.4 is 4.74 Å². The Morgan fingerprint density at radius 2 is 1.92 bits per heavy atom. The second-order valence-corrected chi connectivity index (χ2v) is 3.32. The highest BCUT2D eigenvalue weighted by atomic mass is 32.1. The number of unbranched alkanes of at least 4 members (excludes halogenated alkanes) is 1. The van der Waals surface area contributed by atoms with E-state index in [0.717, 1.165) is 24.5 Å². The summed E-state index contributed by atoms with van der Waals surface area (Å²) in [5, 5.41) is 0. The third-order valence-electron chi connectivity index (χ3n) is 1.87. The minimum absolute atomic E-state index is 0.787. The Bertz CT molecular complexity index is 230. The van der Waals surface area contributed by atoms with Gasteiger partial charge >= 0.3 is 0 Å². The number of benzene rings is 1. The van der Waals surface area contributed by atoms with Crippen molar-refractivity contribution in [2.24, 2.45) is 0 Å². The molecule has 1 aromatic rings. The van der Waals surface area contributed by atoms with Crippen LogP contribution in [0.25, 0.3) is 0 Å². The fourth-order valence-electron chi connectivity index (χ4n) is 1.03. The number of rotatable bonds is 5. The first kappa shape index (κ1) is 10.5. The fraction of sp³-hybridized carbons (Fsp3) is 0.455. The second-order valence-electron chi connectivity index (χ2n) is 3.00. The Balaban J connectivity index is 2.40. The molecule has 0 N–H and O–H groups in total. The van der Waals surface area contributed by atoms with Crippen LogP contribution in [0.3, 0.4) is 0 Å². The van der Waals surface area contributed by atoms with Crippen LogP contribution in [0.1, 0.15) is 25.3 Å². The van der Waals surface area contributed by atoms with E-state index >= 15 is 0 Å². The quantitative estimate of drug-likeness (QED) is 0.561. The molecule has 0 radical (unpaired) electrons. The number of thiol groups is 1. The van der Waals surface area contributed by atoms with Crippen LogP contribution in [0.4, 0.5) is 0 Å². The molecule has 0 bridgehead atoms. The summed E-state index contributed by atoms with van der Waals surface area (Å²) in [6.07, 6.45) is 2.29. The molecule has 0 fully saturated rings. The van der Waals surface area contributed by atoms with Crippen molar-refractivity contribution in [1.82, 2.24) is 0 Å². The first-order chi connectivity index (χ1) is 6.36. The largest absolute Gasteiger partial charge is 0.494 e. The lowest BCUT2D eigenvalue weighted by molar-refractivity contribution is 0.309. The highest BCUT2D eigenvalue weighted by Gasteiger charge is 1.93. The zero-order chi connectivity index (χ0) is 9.52. The molecular weight excluding hydrogens is 180 g/mol. The van der Waals surface area contributed by atoms with Gasteiger partial charge in [0, 0.05) is 5.75 Å². The van der Waals surface area contributed by atoms with Gasteiger partial charge < -0.3 is 4.74 Å². The summed E-state index contributed by atoms with van der Waals surface area (Å²) in [7, 11) is 0. The van der Waals surface area contributed by atoms with Crippen molar-refractivity contribution in [2.75, 3.05) is 6.61 Å². The van der Waals surface area contributed by atoms with E-state index in [2.05, 4.69) is 19.6 Å². The Morgan fingerprint density at radius 3 is 2.46 bits per heavy atom. The van der Waals surface area contributed by atoms with Gasteiger partial charge in [0.1, 0.15) is 5.75 Å². The summed E-state index contributed by atoms with van der Waals surface area (Å²) in [5.74, 6) is 1.74. The van der Waals surface area contributed by atoms with Gasteiger partial charge in [0.2, 0.25) is 0 Å². The number of hydrogen-bond acceptors (Lipinski definition) is 2. The molecule has 0 amide bonds. The van der Waals surface area contributed by atoms with Crippen molar-refractivity contribution < 1.29 is 4.74 Å². The molecule has 2 heteroatoms. The highest BCUT2D eigenvalue weighted by Crippen LogP contribution is 2.13. The van der Waals surface area contributed by atoms with Crippen molar-refractivity contribution in [3.05, 3.63) is 29.8 Å². The fourth-order valence-corrected chi connectivity index (χ4v) is 1.24. The Labute approximate surface area is 85.5 Å². The molecule has 0 saturated carbocycles. The van der Waals surface area contributed by atoms with Crippen LogP contribution in [-0.2, 0) is 5.75 Å². The third-order valence-corrected chi connectivity index (χ3v) is 2.24. The van der Waals surface area contributed by atoms with E-state index in [0.29, 0.717) is 0 Å². The van der Waals surface area contributed by atoms with Gasteiger partial charge in [-0.1, -0.05) is 25.5 Å². The molecule has 0 aliphatic carbocycles. The topological polar surface area (TPSA) is 9.23 Å². The van der Waals surface area contributed by atoms with Gasteiger partial charge in [-0.3, -0.25) is 0 Å². The molecule has 0 aromatic heterocycles. The van der Waals surface area contributed by atoms with Crippen LogP contribution in [0.2, 0.25) is 0 Å². The maximum absolute atomic E-state index is 5.52. The molecule has 72 valence electrons. The number of hydrogen-bond donors (Lipinski definition) is 1. The van der Waals surface area contributed by atoms with E-state index in [1.165, 1.54) is 12.0 Å². The van der Waals surface area contributed by atoms with Crippen LogP contribution >= 0.6 is 12.6 Å². The van der Waals surface area contributed by atoms with E-state index in [1.807, 2.05) is 24.3 Å². The van der Waals surface area contributed by atoms with Gasteiger partial charge in [-0.05, 0) is 24.1 Å². The summed E-state index contributed by atoms with van der Waals surface area (Å²) >= 11 is 4.19. The van der Waals surface area contributed by atoms with Crippen LogP contribution in [0.5, 0.6) is 5.75 Å². The molecule has 0 aliphatic rings. The maximum Gasteiger partial charge on any atom is 0.119 e. The van der Waals surface area contributed by atoms with Gasteiger partial charge in [-0.25, -0.2) is 0 Å². The Hall–Kier alpha value is -0.630. The normalized spacial score (nSPS) is 10.0. The molecule has 0 unspecified atom stereocenters. The minimum Gasteiger partial charge on any atom is -0.494 e. The summed E-state index contributed by atoms with van der Waals surface area (Å²) in [6, 6.07) is 8.10. The van der Waals surface area contributed by atoms with Crippen molar-refractivity contribution in [1.29, 1.82) is 0 Å². The maximum atomic E-state index is 5.52. The molecule has 1 aromatic carbocycles. The van der Waals surface area contributed by atoms with E-state index in [4.69, 9.17) is 4.74 Å². The zero-order valence-corrected chi connectivity index (χ0v) is 8.89. The molecule has 0 spiro atoms. The average Bonchev–Trinajstić information content (AvgIpc) is 2.19. The number of ether oxygens (including phenoxy) is 1. The van der Waals surface area contributed by atoms with Gasteiger partial charge in [0.05, 0.1) is 6.61 Å². The van der Waals surface area contributed by atoms with Gasteiger partial charge in [-0.15, -0.1) is 0 Å². The summed E-state index contributed by atoms with van der Waals surface area (Å²) in [5.41, 5.74) is 1.23. The molecule has 1 nitrogen and oxygen atoms in total. The minimum atomic E-state index is 0.787. The van der Waals surface area contributed by atoms with Crippen molar-refractivity contribution in [3.63, 3.8) is 0 Å². The average molecular weight is 196 g/mol. The Kier molecular flexibility index (Phi) is 4.76. The van der Waals surface area contributed by atoms with E-state index in [9.17, 15) is 0 Å². The first-order valence-electron chi connectivity index (χ1n) is 4.69. The molecule has 0 saturated heterocycles. The monoisotopic (exact) mass is 196 g/mol. The van der Waals surface area contributed by atoms with Crippen LogP contribution in [0, 0.1) is 0 Å². The predicted octanol–water partition coefficient (Wildman–Crippen LogP) is 3.30. The molecule has 1 rings (SSSR count). The Morgan fingerprint density at radius 1 is 1.23 bits per heavy atom. The standard InChI is InChI=1S/C11H16OS/c1-2-3-8-12-11-6-4-10(9-13)5-7-11/h4-7,13H,2-3,8-9H2,1H3. The van der Waals surface area contributed by atoms with Crippen LogP contribution in [-0.4, -0.2) is 6.61 Å². The first-order valence-corrected chi connectivity index (χ1v) is 5.32. The molecule has 13 heavy (non-hydrogen) atoms. The zero-order valence-electron chi connectivity index (χ0n) is 7.99. The lowest BCUT2D eigenvalue weighted by Crippen LogP contribution is -1.96. The van der Waals surface area contributed by atoms with Crippen molar-refractivity contribution in [3.8, 4) is 5.75 Å². The molecular formula is C11H16OS. The lowest BCUT2D eigenvalue weighted by Gasteiger charge is -2.05. The van der Waals surface area contributed by atoms with Crippen molar-refractivity contribution in [2.45, 2.75) is 25.5 Å². The van der Waals surface area contributed by atoms with Gasteiger partial charge in [-0.2, -0.15) is 12.6 Å². The summed E-state index contributed by atoms with van der Waals surface area (Å²) in [4.78, 5) is 0. The van der Waals surface area contributed by atoms with E-state index in [-0.39, 0.29) is 0 Å². The van der Waals surface area contributed by atoms with Crippen LogP contribution in [0.15, 0.2) is 24.3 Å². The summed E-state index contributed by atoms with van der Waals surface area (Å²) in [6.45, 7) is 2.98. The van der Waals surface area contributed by atoms with E-state index in [1.54, 1.807) is 0 Å². The van der Waals surface area contributed by atoms with E-state index < -0.39 is 0 Å². The lowest BCUT2D eigenvalue weighted by atomic mass is 10.2. The highest BCUT2D eigenvalue weighted by molar-refractivity contribution is 7.79.